The van der Waals surface area contributed by atoms with Crippen molar-refractivity contribution in [3.05, 3.63) is 129 Å². The maximum absolute atomic E-state index is 15.5. The van der Waals surface area contributed by atoms with Crippen LogP contribution >= 0.6 is 31.9 Å². The average Bonchev–Trinajstić information content (AvgIpc) is 3.32. The summed E-state index contributed by atoms with van der Waals surface area (Å²) in [6.07, 6.45) is -12.8. The molecule has 0 spiro atoms. The Bertz CT molecular complexity index is 3050. The Labute approximate surface area is 452 Å². The van der Waals surface area contributed by atoms with Crippen LogP contribution < -0.4 is 0 Å². The minimum atomic E-state index is -5.58. The molecule has 422 valence electrons. The molecule has 0 aliphatic heterocycles. The van der Waals surface area contributed by atoms with Gasteiger partial charge in [0.25, 0.3) is 0 Å². The van der Waals surface area contributed by atoms with Crippen LogP contribution in [0.1, 0.15) is 67.8 Å². The molecule has 0 aliphatic carbocycles. The van der Waals surface area contributed by atoms with Crippen LogP contribution in [0.15, 0.2) is 122 Å². The number of benzene rings is 4. The molecule has 30 heteroatoms. The molecule has 0 aliphatic rings. The van der Waals surface area contributed by atoms with Gasteiger partial charge in [0.1, 0.15) is 9.79 Å². The Morgan fingerprint density at radius 2 is 0.896 bits per heavy atom. The van der Waals surface area contributed by atoms with Crippen molar-refractivity contribution in [3.63, 3.8) is 0 Å². The third-order valence-corrected chi connectivity index (χ3v) is 13.9. The first-order valence-corrected chi connectivity index (χ1v) is 25.9. The number of ether oxygens (including phenoxy) is 4. The minimum Gasteiger partial charge on any atom is -0.432 e. The summed E-state index contributed by atoms with van der Waals surface area (Å²) in [7, 11) is -10.5. The van der Waals surface area contributed by atoms with E-state index in [-0.39, 0.29) is 15.6 Å². The highest BCUT2D eigenvalue weighted by molar-refractivity contribution is 9.11. The molecule has 4 aromatic rings. The molecule has 22 nitrogen and oxygen atoms in total. The van der Waals surface area contributed by atoms with Gasteiger partial charge in [0.2, 0.25) is 12.6 Å². The number of rotatable bonds is 18. The van der Waals surface area contributed by atoms with Crippen LogP contribution in [-0.4, -0.2) is 131 Å². The first-order valence-electron chi connectivity index (χ1n) is 21.5. The van der Waals surface area contributed by atoms with Gasteiger partial charge in [-0.15, -0.1) is 0 Å². The maximum atomic E-state index is 15.5. The highest BCUT2D eigenvalue weighted by Gasteiger charge is 2.71. The van der Waals surface area contributed by atoms with Gasteiger partial charge in [-0.25, -0.2) is 19.2 Å². The highest BCUT2D eigenvalue weighted by atomic mass is 79.9. The number of aliphatic hydroxyl groups excluding tert-OH is 4. The summed E-state index contributed by atoms with van der Waals surface area (Å²) in [4.78, 5) is 72.6. The Morgan fingerprint density at radius 3 is 1.32 bits per heavy atom. The fraction of sp³-hybridized carbons (Fsp3) is 0.362. The topological polar surface area (TPSA) is 347 Å². The van der Waals surface area contributed by atoms with E-state index in [4.69, 9.17) is 0 Å². The third kappa shape index (κ3) is 15.6. The molecule has 0 fully saturated rings. The predicted molar refractivity (Wildman–Crippen MR) is 258 cm³/mol. The lowest BCUT2D eigenvalue weighted by atomic mass is 9.95. The number of aliphatic hydroxyl groups is 6. The maximum Gasteiger partial charge on any atom is 0.410 e. The number of halogens is 6. The van der Waals surface area contributed by atoms with E-state index in [9.17, 15) is 76.2 Å². The number of alkyl halides is 4. The van der Waals surface area contributed by atoms with Crippen molar-refractivity contribution in [1.82, 2.24) is 0 Å². The van der Waals surface area contributed by atoms with E-state index in [0.717, 1.165) is 45.0 Å². The number of esters is 4. The summed E-state index contributed by atoms with van der Waals surface area (Å²) in [5, 5.41) is 62.5. The summed E-state index contributed by atoms with van der Waals surface area (Å²) < 4.78 is 138. The van der Waals surface area contributed by atoms with E-state index in [1.165, 1.54) is 107 Å². The number of hydrogen-bond acceptors (Lipinski definition) is 22. The van der Waals surface area contributed by atoms with E-state index in [0.29, 0.717) is 4.47 Å². The van der Waals surface area contributed by atoms with Gasteiger partial charge < -0.3 is 58.0 Å². The van der Waals surface area contributed by atoms with Crippen LogP contribution in [-0.2, 0) is 66.7 Å². The van der Waals surface area contributed by atoms with Crippen molar-refractivity contribution in [2.75, 3.05) is 0 Å². The van der Waals surface area contributed by atoms with Crippen molar-refractivity contribution < 1.29 is 121 Å². The Balaban J connectivity index is 0.000000407. The molecule has 6 N–H and O–H groups in total. The minimum absolute atomic E-state index is 0.00710. The van der Waals surface area contributed by atoms with E-state index in [1.807, 2.05) is 0 Å². The van der Waals surface area contributed by atoms with Gasteiger partial charge in [-0.2, -0.15) is 34.4 Å². The second-order valence-electron chi connectivity index (χ2n) is 18.0. The lowest BCUT2D eigenvalue weighted by Crippen LogP contribution is -2.67. The van der Waals surface area contributed by atoms with Crippen molar-refractivity contribution in [2.45, 2.75) is 106 Å². The lowest BCUT2D eigenvalue weighted by Gasteiger charge is -2.39. The molecule has 77 heavy (non-hydrogen) atoms. The zero-order valence-electron chi connectivity index (χ0n) is 40.9. The van der Waals surface area contributed by atoms with Crippen LogP contribution in [0.3, 0.4) is 0 Å². The van der Waals surface area contributed by atoms with Crippen molar-refractivity contribution >= 4 is 87.9 Å². The van der Waals surface area contributed by atoms with E-state index < -0.39 is 130 Å². The molecule has 0 radical (unpaired) electrons. The van der Waals surface area contributed by atoms with Gasteiger partial charge in [-0.1, -0.05) is 70.5 Å². The molecule has 0 saturated heterocycles. The fourth-order valence-corrected chi connectivity index (χ4v) is 9.11. The summed E-state index contributed by atoms with van der Waals surface area (Å²) in [5.41, 5.74) is -3.61. The standard InChI is InChI=1S/C26H22F2O11S.C21H26Br2F2O11S/c1-16-10-8-9-15-19(16)40(35,36)39-24(33)25(27,28)26(34,38-22(31)18-13-6-3-7-14-18)20(29)23(32)37-21(30)17-11-4-2-5-12-17;1-18(2,3)15(28)34-14(27)13(26)21(31,35-16(29)19(4,5)6)20(24,25)17(30)36-37(32,33)12-8-7-10(22)9-11(12)23/h2-15,20,23,29,32,34H,1H3;7-9,13-14,26-27,31H,1-6H3/t20-,23?,26-;13-,14?,21-/m11/s1. The summed E-state index contributed by atoms with van der Waals surface area (Å²) in [6.45, 7) is 8.66. The van der Waals surface area contributed by atoms with Crippen molar-refractivity contribution in [2.24, 2.45) is 10.8 Å². The SMILES string of the molecule is CC(C)(C)C(=O)OC(O)[C@@H](O)[C@@](O)(OC(=O)C(C)(C)C)C(F)(F)C(=O)OS(=O)(=O)c1ccc(Br)cc1Br.Cc1ccccc1S(=O)(=O)OC(=O)C(F)(F)[C@](O)(OC(=O)c1ccccc1)[C@H](O)C(O)OC(=O)c1ccccc1. The molecular weight excluding hydrogens is 1220 g/mol. The number of carbonyl (C=O) groups is 6. The summed E-state index contributed by atoms with van der Waals surface area (Å²) >= 11 is 5.92. The molecular formula is C47H48Br2F4O22S2. The van der Waals surface area contributed by atoms with Crippen molar-refractivity contribution in [3.8, 4) is 0 Å². The molecule has 0 heterocycles. The Morgan fingerprint density at radius 1 is 0.506 bits per heavy atom. The predicted octanol–water partition coefficient (Wildman–Crippen LogP) is 4.57. The molecule has 0 aromatic heterocycles. The van der Waals surface area contributed by atoms with E-state index in [1.54, 1.807) is 0 Å². The summed E-state index contributed by atoms with van der Waals surface area (Å²) in [5.74, 6) is -32.4. The third-order valence-electron chi connectivity index (χ3n) is 9.85. The van der Waals surface area contributed by atoms with Crippen LogP contribution in [0.5, 0.6) is 0 Å². The number of hydrogen-bond donors (Lipinski definition) is 6. The normalized spacial score (nSPS) is 15.5. The van der Waals surface area contributed by atoms with Crippen LogP contribution in [0.25, 0.3) is 0 Å². The van der Waals surface area contributed by atoms with Gasteiger partial charge in [0, 0.05) is 8.95 Å². The molecule has 4 rings (SSSR count). The monoisotopic (exact) mass is 1260 g/mol. The lowest BCUT2D eigenvalue weighted by molar-refractivity contribution is -0.356. The zero-order chi connectivity index (χ0) is 59.1. The molecule has 6 atom stereocenters. The second-order valence-corrected chi connectivity index (χ2v) is 22.8. The first-order chi connectivity index (χ1) is 35.1. The smallest absolute Gasteiger partial charge is 0.410 e. The average molecular weight is 1260 g/mol. The molecule has 4 aromatic carbocycles. The van der Waals surface area contributed by atoms with Gasteiger partial charge in [-0.3, -0.25) is 9.59 Å². The van der Waals surface area contributed by atoms with Gasteiger partial charge in [0.05, 0.1) is 22.0 Å². The van der Waals surface area contributed by atoms with Crippen LogP contribution in [0.4, 0.5) is 17.6 Å². The fourth-order valence-electron chi connectivity index (χ4n) is 5.44. The summed E-state index contributed by atoms with van der Waals surface area (Å²) in [6, 6.07) is 20.9. The quantitative estimate of drug-likeness (QED) is 0.0261. The van der Waals surface area contributed by atoms with Crippen LogP contribution in [0.2, 0.25) is 0 Å². The second kappa shape index (κ2) is 24.8. The van der Waals surface area contributed by atoms with E-state index in [2.05, 4.69) is 59.2 Å². The highest BCUT2D eigenvalue weighted by Crippen LogP contribution is 2.41. The zero-order valence-corrected chi connectivity index (χ0v) is 45.7. The first kappa shape index (κ1) is 65.3. The molecule has 0 amide bonds. The van der Waals surface area contributed by atoms with Crippen molar-refractivity contribution in [1.29, 1.82) is 0 Å². The van der Waals surface area contributed by atoms with Gasteiger partial charge in [0.15, 0.2) is 12.2 Å². The molecule has 2 unspecified atom stereocenters. The number of carbonyl (C=O) groups excluding carboxylic acids is 6. The largest absolute Gasteiger partial charge is 0.432 e. The Kier molecular flexibility index (Phi) is 21.0. The van der Waals surface area contributed by atoms with Gasteiger partial charge in [-0.05, 0) is 118 Å². The van der Waals surface area contributed by atoms with E-state index >= 15 is 17.6 Å². The van der Waals surface area contributed by atoms with Gasteiger partial charge >= 0.3 is 79.5 Å². The van der Waals surface area contributed by atoms with Crippen LogP contribution in [0, 0.1) is 17.8 Å². The number of aryl methyl sites for hydroxylation is 1. The molecule has 0 bridgehead atoms. The Hall–Kier alpha value is -5.96. The molecule has 0 saturated carbocycles.